The van der Waals surface area contributed by atoms with Crippen molar-refractivity contribution in [1.82, 2.24) is 10.2 Å². The topological polar surface area (TPSA) is 67.9 Å². The molecule has 2 amide bonds. The third kappa shape index (κ3) is 3.23. The van der Waals surface area contributed by atoms with Crippen molar-refractivity contribution in [2.45, 2.75) is 6.54 Å². The number of hydrogen-bond donors (Lipinski definition) is 1. The number of ether oxygens (including phenoxy) is 2. The molecule has 0 saturated carbocycles. The van der Waals surface area contributed by atoms with Crippen molar-refractivity contribution < 1.29 is 19.1 Å². The van der Waals surface area contributed by atoms with E-state index in [1.807, 2.05) is 25.2 Å². The maximum Gasteiger partial charge on any atom is 0.416 e. The fourth-order valence-electron chi connectivity index (χ4n) is 1.82. The summed E-state index contributed by atoms with van der Waals surface area (Å²) in [5.41, 5.74) is 0.960. The highest BCUT2D eigenvalue weighted by Gasteiger charge is 2.28. The normalized spacial score (nSPS) is 14.4. The minimum atomic E-state index is -0.600. The smallest absolute Gasteiger partial charge is 0.416 e. The van der Waals surface area contributed by atoms with Gasteiger partial charge in [0, 0.05) is 12.1 Å². The van der Waals surface area contributed by atoms with Crippen LogP contribution in [0.1, 0.15) is 5.56 Å². The fraction of sp³-hybridized carbons (Fsp3) is 0.385. The van der Waals surface area contributed by atoms with Gasteiger partial charge in [-0.2, -0.15) is 0 Å². The molecule has 1 fully saturated rings. The van der Waals surface area contributed by atoms with Crippen LogP contribution in [-0.2, 0) is 16.1 Å². The largest absolute Gasteiger partial charge is 0.483 e. The Hall–Kier alpha value is -2.08. The van der Waals surface area contributed by atoms with Crippen LogP contribution in [0, 0.1) is 0 Å². The first-order chi connectivity index (χ1) is 9.22. The predicted octanol–water partition coefficient (Wildman–Crippen LogP) is 0.764. The third-order valence-electron chi connectivity index (χ3n) is 2.75. The maximum absolute atomic E-state index is 11.8. The van der Waals surface area contributed by atoms with Crippen molar-refractivity contribution in [2.75, 3.05) is 26.8 Å². The minimum absolute atomic E-state index is 0.171. The van der Waals surface area contributed by atoms with Crippen LogP contribution in [0.2, 0.25) is 0 Å². The van der Waals surface area contributed by atoms with Crippen LogP contribution in [0.5, 0.6) is 5.75 Å². The van der Waals surface area contributed by atoms with E-state index in [4.69, 9.17) is 9.47 Å². The Morgan fingerprint density at radius 2 is 2.26 bits per heavy atom. The Morgan fingerprint density at radius 1 is 1.47 bits per heavy atom. The molecule has 6 heteroatoms. The zero-order chi connectivity index (χ0) is 13.7. The number of cyclic esters (lactones) is 1. The predicted molar refractivity (Wildman–Crippen MR) is 67.8 cm³/mol. The SMILES string of the molecule is CNCc1ccccc1OCC(=O)N1CCOC1=O. The summed E-state index contributed by atoms with van der Waals surface area (Å²) in [5, 5.41) is 3.02. The van der Waals surface area contributed by atoms with Gasteiger partial charge in [0.1, 0.15) is 12.4 Å². The van der Waals surface area contributed by atoms with Crippen molar-refractivity contribution in [1.29, 1.82) is 0 Å². The molecular weight excluding hydrogens is 248 g/mol. The number of hydrogen-bond acceptors (Lipinski definition) is 5. The molecule has 2 rings (SSSR count). The summed E-state index contributed by atoms with van der Waals surface area (Å²) in [5.74, 6) is 0.250. The summed E-state index contributed by atoms with van der Waals surface area (Å²) in [7, 11) is 1.84. The van der Waals surface area contributed by atoms with Gasteiger partial charge in [0.05, 0.1) is 6.54 Å². The van der Waals surface area contributed by atoms with E-state index in [-0.39, 0.29) is 19.1 Å². The van der Waals surface area contributed by atoms with E-state index in [1.165, 1.54) is 0 Å². The van der Waals surface area contributed by atoms with Crippen molar-refractivity contribution >= 4 is 12.0 Å². The van der Waals surface area contributed by atoms with Gasteiger partial charge in [-0.3, -0.25) is 4.79 Å². The van der Waals surface area contributed by atoms with Crippen molar-refractivity contribution in [2.24, 2.45) is 0 Å². The Balaban J connectivity index is 1.95. The molecule has 1 saturated heterocycles. The molecule has 0 atom stereocenters. The number of amides is 2. The van der Waals surface area contributed by atoms with Crippen molar-refractivity contribution in [3.8, 4) is 5.75 Å². The number of nitrogens with zero attached hydrogens (tertiary/aromatic N) is 1. The lowest BCUT2D eigenvalue weighted by molar-refractivity contribution is -0.129. The average molecular weight is 264 g/mol. The standard InChI is InChI=1S/C13H16N2O4/c1-14-8-10-4-2-3-5-11(10)19-9-12(16)15-6-7-18-13(15)17/h2-5,14H,6-9H2,1H3. The molecule has 102 valence electrons. The van der Waals surface area contributed by atoms with Crippen LogP contribution in [0.4, 0.5) is 4.79 Å². The number of imide groups is 1. The average Bonchev–Trinajstić information content (AvgIpc) is 2.84. The lowest BCUT2D eigenvalue weighted by atomic mass is 10.2. The van der Waals surface area contributed by atoms with Crippen molar-refractivity contribution in [3.05, 3.63) is 29.8 Å². The van der Waals surface area contributed by atoms with E-state index < -0.39 is 6.09 Å². The van der Waals surface area contributed by atoms with Crippen LogP contribution < -0.4 is 10.1 Å². The molecular formula is C13H16N2O4. The molecule has 1 aliphatic rings. The van der Waals surface area contributed by atoms with Gasteiger partial charge in [-0.15, -0.1) is 0 Å². The highest BCUT2D eigenvalue weighted by atomic mass is 16.6. The van der Waals surface area contributed by atoms with Gasteiger partial charge in [0.2, 0.25) is 0 Å². The number of carbonyl (C=O) groups is 2. The second-order valence-corrected chi connectivity index (χ2v) is 4.09. The van der Waals surface area contributed by atoms with Crippen LogP contribution in [-0.4, -0.2) is 43.7 Å². The zero-order valence-electron chi connectivity index (χ0n) is 10.7. The molecule has 0 bridgehead atoms. The summed E-state index contributed by atoms with van der Waals surface area (Å²) in [4.78, 5) is 24.1. The number of rotatable bonds is 5. The first-order valence-electron chi connectivity index (χ1n) is 6.05. The van der Waals surface area contributed by atoms with Crippen LogP contribution in [0.15, 0.2) is 24.3 Å². The highest BCUT2D eigenvalue weighted by Crippen LogP contribution is 2.17. The summed E-state index contributed by atoms with van der Waals surface area (Å²) in [6, 6.07) is 7.45. The Labute approximate surface area is 111 Å². The van der Waals surface area contributed by atoms with Crippen molar-refractivity contribution in [3.63, 3.8) is 0 Å². The first kappa shape index (κ1) is 13.4. The Kier molecular flexibility index (Phi) is 4.35. The van der Waals surface area contributed by atoms with Crippen LogP contribution >= 0.6 is 0 Å². The van der Waals surface area contributed by atoms with Gasteiger partial charge in [-0.25, -0.2) is 9.69 Å². The monoisotopic (exact) mass is 264 g/mol. The van der Waals surface area contributed by atoms with Crippen LogP contribution in [0.25, 0.3) is 0 Å². The molecule has 1 aromatic rings. The fourth-order valence-corrected chi connectivity index (χ4v) is 1.82. The van der Waals surface area contributed by atoms with E-state index in [9.17, 15) is 9.59 Å². The summed E-state index contributed by atoms with van der Waals surface area (Å²) in [6.45, 7) is 1.02. The van der Waals surface area contributed by atoms with Gasteiger partial charge in [0.15, 0.2) is 6.61 Å². The minimum Gasteiger partial charge on any atom is -0.483 e. The molecule has 1 N–H and O–H groups in total. The summed E-state index contributed by atoms with van der Waals surface area (Å²) >= 11 is 0. The number of benzene rings is 1. The molecule has 1 aromatic carbocycles. The number of nitrogens with one attached hydrogen (secondary N) is 1. The maximum atomic E-state index is 11.8. The molecule has 0 unspecified atom stereocenters. The Bertz CT molecular complexity index is 475. The first-order valence-corrected chi connectivity index (χ1v) is 6.05. The molecule has 1 aliphatic heterocycles. The van der Waals surface area contributed by atoms with Crippen LogP contribution in [0.3, 0.4) is 0 Å². The highest BCUT2D eigenvalue weighted by molar-refractivity contribution is 5.93. The van der Waals surface area contributed by atoms with Gasteiger partial charge in [-0.05, 0) is 13.1 Å². The molecule has 0 aliphatic carbocycles. The molecule has 0 aromatic heterocycles. The van der Waals surface area contributed by atoms with E-state index in [0.717, 1.165) is 10.5 Å². The summed E-state index contributed by atoms with van der Waals surface area (Å²) < 4.78 is 10.2. The number of carbonyl (C=O) groups excluding carboxylic acids is 2. The van der Waals surface area contributed by atoms with Gasteiger partial charge >= 0.3 is 6.09 Å². The quantitative estimate of drug-likeness (QED) is 0.850. The molecule has 6 nitrogen and oxygen atoms in total. The number of para-hydroxylation sites is 1. The third-order valence-corrected chi connectivity index (χ3v) is 2.75. The molecule has 1 heterocycles. The molecule has 19 heavy (non-hydrogen) atoms. The molecule has 0 spiro atoms. The van der Waals surface area contributed by atoms with E-state index in [2.05, 4.69) is 5.32 Å². The summed E-state index contributed by atoms with van der Waals surface area (Å²) in [6.07, 6.45) is -0.600. The van der Waals surface area contributed by atoms with E-state index >= 15 is 0 Å². The Morgan fingerprint density at radius 3 is 2.95 bits per heavy atom. The van der Waals surface area contributed by atoms with Gasteiger partial charge in [-0.1, -0.05) is 18.2 Å². The lowest BCUT2D eigenvalue weighted by Gasteiger charge is -2.13. The van der Waals surface area contributed by atoms with Gasteiger partial charge in [0.25, 0.3) is 5.91 Å². The van der Waals surface area contributed by atoms with E-state index in [1.54, 1.807) is 6.07 Å². The molecule has 0 radical (unpaired) electrons. The second kappa shape index (κ2) is 6.19. The second-order valence-electron chi connectivity index (χ2n) is 4.09. The van der Waals surface area contributed by atoms with Gasteiger partial charge < -0.3 is 14.8 Å². The van der Waals surface area contributed by atoms with E-state index in [0.29, 0.717) is 18.8 Å². The lowest BCUT2D eigenvalue weighted by Crippen LogP contribution is -2.35. The zero-order valence-corrected chi connectivity index (χ0v) is 10.7.